The lowest BCUT2D eigenvalue weighted by atomic mass is 9.78. The highest BCUT2D eigenvalue weighted by Crippen LogP contribution is 2.31. The Morgan fingerprint density at radius 2 is 2.33 bits per heavy atom. The van der Waals surface area contributed by atoms with E-state index in [0.29, 0.717) is 13.2 Å². The molecule has 2 aliphatic rings. The molecule has 3 rings (SSSR count). The van der Waals surface area contributed by atoms with Gasteiger partial charge in [0.15, 0.2) is 0 Å². The van der Waals surface area contributed by atoms with Crippen LogP contribution in [0.1, 0.15) is 25.0 Å². The van der Waals surface area contributed by atoms with Crippen LogP contribution in [0.15, 0.2) is 18.2 Å². The van der Waals surface area contributed by atoms with Gasteiger partial charge in [-0.1, -0.05) is 19.1 Å². The second kappa shape index (κ2) is 3.54. The van der Waals surface area contributed by atoms with Crippen molar-refractivity contribution in [1.82, 2.24) is 0 Å². The Balaban J connectivity index is 2.12. The van der Waals surface area contributed by atoms with Crippen molar-refractivity contribution in [3.05, 3.63) is 23.8 Å². The standard InChI is InChI=1S/C11H13BO3/c1-2-9-8-4-3-5-10-11(8)12(15-9)14-7-6-13-10/h3-5,9H,2,6-7H2,1H3. The normalized spacial score (nSPS) is 23.3. The van der Waals surface area contributed by atoms with Crippen LogP contribution in [0, 0.1) is 0 Å². The van der Waals surface area contributed by atoms with E-state index < -0.39 is 0 Å². The van der Waals surface area contributed by atoms with Gasteiger partial charge in [-0.25, -0.2) is 0 Å². The molecule has 15 heavy (non-hydrogen) atoms. The lowest BCUT2D eigenvalue weighted by molar-refractivity contribution is 0.141. The van der Waals surface area contributed by atoms with Gasteiger partial charge in [-0.15, -0.1) is 0 Å². The minimum absolute atomic E-state index is 0.159. The van der Waals surface area contributed by atoms with Gasteiger partial charge in [-0.05, 0) is 18.1 Å². The van der Waals surface area contributed by atoms with Crippen LogP contribution in [-0.2, 0) is 9.31 Å². The zero-order valence-corrected chi connectivity index (χ0v) is 8.73. The van der Waals surface area contributed by atoms with Crippen molar-refractivity contribution in [3.8, 4) is 5.75 Å². The first-order valence-electron chi connectivity index (χ1n) is 5.43. The second-order valence-electron chi connectivity index (χ2n) is 3.84. The Morgan fingerprint density at radius 1 is 1.40 bits per heavy atom. The third-order valence-corrected chi connectivity index (χ3v) is 2.95. The molecule has 2 aliphatic heterocycles. The van der Waals surface area contributed by atoms with Crippen LogP contribution in [0.3, 0.4) is 0 Å². The Labute approximate surface area is 89.5 Å². The first kappa shape index (κ1) is 9.25. The number of ether oxygens (including phenoxy) is 1. The molecule has 1 aromatic rings. The summed E-state index contributed by atoms with van der Waals surface area (Å²) in [5, 5.41) is 0. The summed E-state index contributed by atoms with van der Waals surface area (Å²) in [5.74, 6) is 0.922. The highest BCUT2D eigenvalue weighted by atomic mass is 16.6. The first-order valence-corrected chi connectivity index (χ1v) is 5.43. The topological polar surface area (TPSA) is 27.7 Å². The van der Waals surface area contributed by atoms with Crippen LogP contribution < -0.4 is 10.2 Å². The summed E-state index contributed by atoms with van der Waals surface area (Å²) in [6.45, 7) is 3.32. The van der Waals surface area contributed by atoms with Gasteiger partial charge < -0.3 is 14.0 Å². The van der Waals surface area contributed by atoms with Gasteiger partial charge in [0.1, 0.15) is 12.4 Å². The average molecular weight is 204 g/mol. The minimum atomic E-state index is -0.219. The Hall–Kier alpha value is -0.995. The van der Waals surface area contributed by atoms with Gasteiger partial charge >= 0.3 is 7.12 Å². The molecular formula is C11H13BO3. The van der Waals surface area contributed by atoms with E-state index >= 15 is 0 Å². The molecule has 2 heterocycles. The Bertz CT molecular complexity index is 380. The molecule has 0 aliphatic carbocycles. The van der Waals surface area contributed by atoms with Crippen molar-refractivity contribution < 1.29 is 14.0 Å². The number of rotatable bonds is 1. The van der Waals surface area contributed by atoms with Crippen molar-refractivity contribution in [1.29, 1.82) is 0 Å². The van der Waals surface area contributed by atoms with E-state index in [1.54, 1.807) is 0 Å². The fourth-order valence-electron chi connectivity index (χ4n) is 2.26. The number of hydrogen-bond donors (Lipinski definition) is 0. The minimum Gasteiger partial charge on any atom is -0.492 e. The first-order chi connectivity index (χ1) is 7.40. The van der Waals surface area contributed by atoms with Crippen molar-refractivity contribution in [2.75, 3.05) is 13.2 Å². The molecule has 0 N–H and O–H groups in total. The van der Waals surface area contributed by atoms with E-state index in [1.165, 1.54) is 5.56 Å². The molecule has 0 spiro atoms. The monoisotopic (exact) mass is 204 g/mol. The van der Waals surface area contributed by atoms with Crippen LogP contribution in [0.5, 0.6) is 5.75 Å². The molecule has 0 aromatic heterocycles. The summed E-state index contributed by atoms with van der Waals surface area (Å²) in [7, 11) is -0.219. The maximum absolute atomic E-state index is 5.84. The van der Waals surface area contributed by atoms with E-state index in [9.17, 15) is 0 Å². The molecular weight excluding hydrogens is 191 g/mol. The van der Waals surface area contributed by atoms with Crippen LogP contribution in [0.2, 0.25) is 0 Å². The number of benzene rings is 1. The summed E-state index contributed by atoms with van der Waals surface area (Å²) in [6.07, 6.45) is 1.13. The maximum Gasteiger partial charge on any atom is 0.498 e. The third kappa shape index (κ3) is 1.36. The van der Waals surface area contributed by atoms with E-state index in [1.807, 2.05) is 12.1 Å². The van der Waals surface area contributed by atoms with Crippen molar-refractivity contribution in [2.45, 2.75) is 19.4 Å². The van der Waals surface area contributed by atoms with Crippen LogP contribution in [0.4, 0.5) is 0 Å². The van der Waals surface area contributed by atoms with Gasteiger partial charge in [-0.2, -0.15) is 0 Å². The second-order valence-corrected chi connectivity index (χ2v) is 3.84. The zero-order valence-electron chi connectivity index (χ0n) is 8.73. The molecule has 0 amide bonds. The highest BCUT2D eigenvalue weighted by molar-refractivity contribution is 6.64. The maximum atomic E-state index is 5.84. The third-order valence-electron chi connectivity index (χ3n) is 2.95. The van der Waals surface area contributed by atoms with Crippen LogP contribution in [-0.4, -0.2) is 20.3 Å². The summed E-state index contributed by atoms with van der Waals surface area (Å²) < 4.78 is 17.1. The largest absolute Gasteiger partial charge is 0.498 e. The Morgan fingerprint density at radius 3 is 3.20 bits per heavy atom. The lowest BCUT2D eigenvalue weighted by Gasteiger charge is -2.11. The fraction of sp³-hybridized carbons (Fsp3) is 0.455. The SMILES string of the molecule is CCC1OB2OCCOc3cccc1c32. The van der Waals surface area contributed by atoms with Gasteiger partial charge in [0, 0.05) is 5.46 Å². The molecule has 0 saturated carbocycles. The highest BCUT2D eigenvalue weighted by Gasteiger charge is 2.40. The average Bonchev–Trinajstić information content (AvgIpc) is 2.50. The molecule has 4 heteroatoms. The predicted octanol–water partition coefficient (Wildman–Crippen LogP) is 1.27. The van der Waals surface area contributed by atoms with E-state index in [2.05, 4.69) is 13.0 Å². The van der Waals surface area contributed by atoms with E-state index in [4.69, 9.17) is 14.0 Å². The van der Waals surface area contributed by atoms with Crippen LogP contribution >= 0.6 is 0 Å². The van der Waals surface area contributed by atoms with Crippen molar-refractivity contribution >= 4 is 12.6 Å². The van der Waals surface area contributed by atoms with Crippen LogP contribution in [0.25, 0.3) is 0 Å². The zero-order chi connectivity index (χ0) is 10.3. The van der Waals surface area contributed by atoms with Crippen molar-refractivity contribution in [3.63, 3.8) is 0 Å². The molecule has 0 bridgehead atoms. The Kier molecular flexibility index (Phi) is 2.18. The molecule has 0 radical (unpaired) electrons. The molecule has 0 fully saturated rings. The van der Waals surface area contributed by atoms with Gasteiger partial charge in [0.2, 0.25) is 0 Å². The molecule has 0 saturated heterocycles. The molecule has 1 aromatic carbocycles. The molecule has 1 atom stereocenters. The molecule has 78 valence electrons. The van der Waals surface area contributed by atoms with Gasteiger partial charge in [0.25, 0.3) is 0 Å². The predicted molar refractivity (Wildman–Crippen MR) is 57.4 cm³/mol. The number of hydrogen-bond acceptors (Lipinski definition) is 3. The van der Waals surface area contributed by atoms with E-state index in [0.717, 1.165) is 17.6 Å². The molecule has 3 nitrogen and oxygen atoms in total. The summed E-state index contributed by atoms with van der Waals surface area (Å²) in [5.41, 5.74) is 2.32. The summed E-state index contributed by atoms with van der Waals surface area (Å²) in [4.78, 5) is 0. The van der Waals surface area contributed by atoms with Crippen molar-refractivity contribution in [2.24, 2.45) is 0 Å². The van der Waals surface area contributed by atoms with E-state index in [-0.39, 0.29) is 13.2 Å². The lowest BCUT2D eigenvalue weighted by Crippen LogP contribution is -2.31. The summed E-state index contributed by atoms with van der Waals surface area (Å²) >= 11 is 0. The van der Waals surface area contributed by atoms with Gasteiger partial charge in [0.05, 0.1) is 12.7 Å². The van der Waals surface area contributed by atoms with Gasteiger partial charge in [-0.3, -0.25) is 0 Å². The smallest absolute Gasteiger partial charge is 0.492 e. The molecule has 1 unspecified atom stereocenters. The quantitative estimate of drug-likeness (QED) is 0.644. The fourth-order valence-corrected chi connectivity index (χ4v) is 2.26. The summed E-state index contributed by atoms with van der Waals surface area (Å²) in [6, 6.07) is 6.11.